The topological polar surface area (TPSA) is 106 Å². The van der Waals surface area contributed by atoms with Crippen molar-refractivity contribution >= 4 is 28.2 Å². The van der Waals surface area contributed by atoms with Crippen molar-refractivity contribution in [1.82, 2.24) is 10.3 Å². The summed E-state index contributed by atoms with van der Waals surface area (Å²) >= 11 is 1.26. The molecule has 96 valence electrons. The average Bonchev–Trinajstić information content (AvgIpc) is 2.58. The Labute approximate surface area is 105 Å². The summed E-state index contributed by atoms with van der Waals surface area (Å²) in [5.74, 6) is 0.0775. The molecule has 17 heavy (non-hydrogen) atoms. The van der Waals surface area contributed by atoms with Crippen LogP contribution in [0.5, 0.6) is 0 Å². The van der Waals surface area contributed by atoms with Crippen LogP contribution >= 0.6 is 11.3 Å². The number of thiazole rings is 1. The van der Waals surface area contributed by atoms with Crippen LogP contribution in [0.15, 0.2) is 0 Å². The number of amides is 1. The highest BCUT2D eigenvalue weighted by molar-refractivity contribution is 7.18. The Kier molecular flexibility index (Phi) is 5.17. The Morgan fingerprint density at radius 2 is 2.24 bits per heavy atom. The molecule has 0 atom stereocenters. The first-order chi connectivity index (χ1) is 8.04. The molecular formula is C10H19N5OS. The molecular weight excluding hydrogens is 238 g/mol. The van der Waals surface area contributed by atoms with Crippen molar-refractivity contribution in [2.45, 2.75) is 26.3 Å². The number of hydrogen-bond acceptors (Lipinski definition) is 6. The maximum Gasteiger partial charge on any atom is 0.265 e. The Balaban J connectivity index is 2.63. The number of anilines is 2. The lowest BCUT2D eigenvalue weighted by atomic mass is 10.4. The highest BCUT2D eigenvalue weighted by atomic mass is 32.1. The second-order valence-electron chi connectivity index (χ2n) is 3.93. The van der Waals surface area contributed by atoms with Gasteiger partial charge in [0.15, 0.2) is 5.13 Å². The standard InChI is InChI=1S/C10H19N5OS/c1-6(2)14-10-15-8(12)7(17-10)9(16)13-5-3-4-11/h6H,3-5,11-12H2,1-2H3,(H,13,16)(H,14,15). The molecule has 0 aliphatic rings. The molecule has 6 N–H and O–H groups in total. The van der Waals surface area contributed by atoms with Gasteiger partial charge in [0.1, 0.15) is 10.7 Å². The summed E-state index contributed by atoms with van der Waals surface area (Å²) in [5, 5.41) is 6.53. The normalized spacial score (nSPS) is 10.6. The van der Waals surface area contributed by atoms with Gasteiger partial charge >= 0.3 is 0 Å². The molecule has 1 amide bonds. The SMILES string of the molecule is CC(C)Nc1nc(N)c(C(=O)NCCCN)s1. The summed E-state index contributed by atoms with van der Waals surface area (Å²) in [6.45, 7) is 5.11. The van der Waals surface area contributed by atoms with Crippen molar-refractivity contribution in [1.29, 1.82) is 0 Å². The van der Waals surface area contributed by atoms with Crippen LogP contribution in [0.3, 0.4) is 0 Å². The minimum Gasteiger partial charge on any atom is -0.382 e. The number of nitrogen functional groups attached to an aromatic ring is 1. The number of rotatable bonds is 6. The van der Waals surface area contributed by atoms with Gasteiger partial charge in [0.05, 0.1) is 0 Å². The molecule has 1 heterocycles. The van der Waals surface area contributed by atoms with E-state index in [4.69, 9.17) is 11.5 Å². The number of nitrogens with two attached hydrogens (primary N) is 2. The molecule has 0 aromatic carbocycles. The van der Waals surface area contributed by atoms with E-state index < -0.39 is 0 Å². The second kappa shape index (κ2) is 6.41. The maximum atomic E-state index is 11.8. The third kappa shape index (κ3) is 4.20. The molecule has 6 nitrogen and oxygen atoms in total. The monoisotopic (exact) mass is 257 g/mol. The Hall–Kier alpha value is -1.34. The van der Waals surface area contributed by atoms with Gasteiger partial charge in [-0.1, -0.05) is 11.3 Å². The van der Waals surface area contributed by atoms with Crippen LogP contribution in [-0.2, 0) is 0 Å². The van der Waals surface area contributed by atoms with Crippen molar-refractivity contribution in [3.63, 3.8) is 0 Å². The molecule has 0 bridgehead atoms. The van der Waals surface area contributed by atoms with E-state index in [0.717, 1.165) is 6.42 Å². The van der Waals surface area contributed by atoms with Crippen molar-refractivity contribution in [2.75, 3.05) is 24.1 Å². The number of carbonyl (C=O) groups is 1. The quantitative estimate of drug-likeness (QED) is 0.559. The number of nitrogens with zero attached hydrogens (tertiary/aromatic N) is 1. The number of hydrogen-bond donors (Lipinski definition) is 4. The van der Waals surface area contributed by atoms with Gasteiger partial charge in [0.2, 0.25) is 0 Å². The van der Waals surface area contributed by atoms with Crippen molar-refractivity contribution in [3.8, 4) is 0 Å². The van der Waals surface area contributed by atoms with Crippen LogP contribution in [0.25, 0.3) is 0 Å². The van der Waals surface area contributed by atoms with Crippen LogP contribution in [0, 0.1) is 0 Å². The van der Waals surface area contributed by atoms with Crippen LogP contribution in [0.4, 0.5) is 10.9 Å². The van der Waals surface area contributed by atoms with Crippen molar-refractivity contribution in [3.05, 3.63) is 4.88 Å². The number of carbonyl (C=O) groups excluding carboxylic acids is 1. The molecule has 0 fully saturated rings. The first kappa shape index (κ1) is 13.7. The predicted octanol–water partition coefficient (Wildman–Crippen LogP) is 0.624. The lowest BCUT2D eigenvalue weighted by Gasteiger charge is -2.04. The summed E-state index contributed by atoms with van der Waals surface area (Å²) in [6, 6.07) is 0.258. The fraction of sp³-hybridized carbons (Fsp3) is 0.600. The van der Waals surface area contributed by atoms with Gasteiger partial charge in [-0.15, -0.1) is 0 Å². The Bertz CT molecular complexity index is 377. The Morgan fingerprint density at radius 3 is 2.82 bits per heavy atom. The summed E-state index contributed by atoms with van der Waals surface area (Å²) in [7, 11) is 0. The van der Waals surface area contributed by atoms with Gasteiger partial charge in [-0.05, 0) is 26.8 Å². The summed E-state index contributed by atoms with van der Waals surface area (Å²) in [5.41, 5.74) is 11.0. The lowest BCUT2D eigenvalue weighted by molar-refractivity contribution is 0.0958. The van der Waals surface area contributed by atoms with Gasteiger partial charge in [-0.2, -0.15) is 0 Å². The molecule has 0 saturated heterocycles. The number of aromatic nitrogens is 1. The average molecular weight is 257 g/mol. The zero-order valence-electron chi connectivity index (χ0n) is 10.1. The molecule has 0 radical (unpaired) electrons. The third-order valence-corrected chi connectivity index (χ3v) is 2.94. The molecule has 0 aliphatic carbocycles. The smallest absolute Gasteiger partial charge is 0.265 e. The second-order valence-corrected chi connectivity index (χ2v) is 4.93. The summed E-state index contributed by atoms with van der Waals surface area (Å²) < 4.78 is 0. The largest absolute Gasteiger partial charge is 0.382 e. The van der Waals surface area contributed by atoms with Gasteiger partial charge in [-0.25, -0.2) is 4.98 Å². The van der Waals surface area contributed by atoms with Gasteiger partial charge < -0.3 is 22.1 Å². The fourth-order valence-electron chi connectivity index (χ4n) is 1.19. The van der Waals surface area contributed by atoms with E-state index in [1.807, 2.05) is 13.8 Å². The molecule has 1 rings (SSSR count). The van der Waals surface area contributed by atoms with Crippen LogP contribution in [0.2, 0.25) is 0 Å². The zero-order valence-corrected chi connectivity index (χ0v) is 10.9. The maximum absolute atomic E-state index is 11.8. The molecule has 1 aromatic heterocycles. The van der Waals surface area contributed by atoms with Gasteiger partial charge in [0.25, 0.3) is 5.91 Å². The molecule has 0 unspecified atom stereocenters. The third-order valence-electron chi connectivity index (χ3n) is 1.94. The highest BCUT2D eigenvalue weighted by Gasteiger charge is 2.15. The van der Waals surface area contributed by atoms with Crippen LogP contribution < -0.4 is 22.1 Å². The van der Waals surface area contributed by atoms with E-state index in [0.29, 0.717) is 23.1 Å². The van der Waals surface area contributed by atoms with Crippen LogP contribution in [-0.4, -0.2) is 30.0 Å². The predicted molar refractivity (Wildman–Crippen MR) is 71.3 cm³/mol. The minimum atomic E-state index is -0.190. The van der Waals surface area contributed by atoms with E-state index in [2.05, 4.69) is 15.6 Å². The van der Waals surface area contributed by atoms with E-state index in [1.165, 1.54) is 11.3 Å². The van der Waals surface area contributed by atoms with Crippen LogP contribution in [0.1, 0.15) is 29.9 Å². The summed E-state index contributed by atoms with van der Waals surface area (Å²) in [6.07, 6.45) is 0.752. The van der Waals surface area contributed by atoms with E-state index in [9.17, 15) is 4.79 Å². The van der Waals surface area contributed by atoms with E-state index >= 15 is 0 Å². The number of nitrogens with one attached hydrogen (secondary N) is 2. The van der Waals surface area contributed by atoms with Gasteiger partial charge in [0, 0.05) is 12.6 Å². The minimum absolute atomic E-state index is 0.190. The van der Waals surface area contributed by atoms with Gasteiger partial charge in [-0.3, -0.25) is 4.79 Å². The molecule has 7 heteroatoms. The molecule has 1 aromatic rings. The molecule has 0 saturated carbocycles. The Morgan fingerprint density at radius 1 is 1.53 bits per heavy atom. The van der Waals surface area contributed by atoms with Crippen molar-refractivity contribution in [2.24, 2.45) is 5.73 Å². The molecule has 0 spiro atoms. The van der Waals surface area contributed by atoms with E-state index in [-0.39, 0.29) is 17.8 Å². The first-order valence-corrected chi connectivity index (χ1v) is 6.37. The fourth-order valence-corrected chi connectivity index (χ4v) is 2.13. The first-order valence-electron chi connectivity index (χ1n) is 5.55. The molecule has 0 aliphatic heterocycles. The highest BCUT2D eigenvalue weighted by Crippen LogP contribution is 2.25. The van der Waals surface area contributed by atoms with Crippen molar-refractivity contribution < 1.29 is 4.79 Å². The zero-order chi connectivity index (χ0) is 12.8. The summed E-state index contributed by atoms with van der Waals surface area (Å²) in [4.78, 5) is 16.3. The lowest BCUT2D eigenvalue weighted by Crippen LogP contribution is -2.25. The van der Waals surface area contributed by atoms with E-state index in [1.54, 1.807) is 0 Å².